The molecule has 16 rings (SSSR count). The van der Waals surface area contributed by atoms with Crippen LogP contribution in [0.4, 0.5) is 45.5 Å². The van der Waals surface area contributed by atoms with Gasteiger partial charge in [0.15, 0.2) is 0 Å². The zero-order valence-electron chi connectivity index (χ0n) is 51.0. The molecule has 1 aromatic heterocycles. The third-order valence-corrected chi connectivity index (χ3v) is 24.1. The van der Waals surface area contributed by atoms with Gasteiger partial charge in [0.2, 0.25) is 0 Å². The second kappa shape index (κ2) is 16.6. The maximum atomic E-state index is 2.89. The van der Waals surface area contributed by atoms with Gasteiger partial charge in [-0.1, -0.05) is 187 Å². The number of rotatable bonds is 3. The van der Waals surface area contributed by atoms with Gasteiger partial charge in [-0.15, -0.1) is 11.3 Å². The lowest BCUT2D eigenvalue weighted by molar-refractivity contribution is 0.195. The van der Waals surface area contributed by atoms with Crippen LogP contribution in [0, 0.1) is 0 Å². The molecule has 82 heavy (non-hydrogen) atoms. The summed E-state index contributed by atoms with van der Waals surface area (Å²) in [4.78, 5) is 8.53. The summed E-state index contributed by atoms with van der Waals surface area (Å²) in [5.74, 6) is 0. The summed E-state index contributed by atoms with van der Waals surface area (Å²) < 4.78 is 2.69. The summed E-state index contributed by atoms with van der Waals surface area (Å²) in [5, 5.41) is 2.67. The van der Waals surface area contributed by atoms with E-state index < -0.39 is 0 Å². The molecule has 412 valence electrons. The number of hydrogen-bond donors (Lipinski definition) is 0. The van der Waals surface area contributed by atoms with Crippen LogP contribution in [0.2, 0.25) is 0 Å². The fourth-order valence-electron chi connectivity index (χ4n) is 17.6. The monoisotopic (exact) mass is 1090 g/mol. The maximum absolute atomic E-state index is 2.89. The van der Waals surface area contributed by atoms with Crippen LogP contribution >= 0.6 is 11.3 Å². The Balaban J connectivity index is 1.09. The van der Waals surface area contributed by atoms with Crippen molar-refractivity contribution in [3.05, 3.63) is 184 Å². The molecule has 1 fully saturated rings. The minimum Gasteiger partial charge on any atom is -0.334 e. The van der Waals surface area contributed by atoms with E-state index in [4.69, 9.17) is 0 Å². The topological polar surface area (TPSA) is 9.72 Å². The van der Waals surface area contributed by atoms with Crippen molar-refractivity contribution in [1.82, 2.24) is 0 Å². The minimum absolute atomic E-state index is 0.00753. The first kappa shape index (κ1) is 51.1. The molecule has 7 aliphatic rings. The average molecular weight is 1090 g/mol. The van der Waals surface area contributed by atoms with Crippen molar-refractivity contribution < 1.29 is 0 Å². The van der Waals surface area contributed by atoms with Crippen molar-refractivity contribution in [1.29, 1.82) is 0 Å². The molecule has 8 aromatic carbocycles. The summed E-state index contributed by atoms with van der Waals surface area (Å²) in [6.45, 7) is 32.6. The standard InChI is InChI=1S/C77H80BN3S/c1-71(2,3)48-30-31-60-57(39-48)76(12)32-18-19-33-77(76,13)81(60)49-40-65-69-66(41-49)80(62-28-21-26-52-51-25-16-17-29-67(51)82-70(52)62)64-45-56-54(73(6,7)35-37-75(56,10)11)43-59(64)78(69)58-42-53-55(74(8,9)36-34-72(53,4)5)44-63(58)79(65)61-27-20-23-47-38-46-22-14-15-24-50(46)68(47)61/h14-17,20-31,39-45H,18-19,32-38H2,1-13H3. The molecule has 0 N–H and O–H groups in total. The first-order valence-electron chi connectivity index (χ1n) is 31.2. The number of anilines is 8. The van der Waals surface area contributed by atoms with Crippen molar-refractivity contribution in [3.63, 3.8) is 0 Å². The smallest absolute Gasteiger partial charge is 0.252 e. The highest BCUT2D eigenvalue weighted by Crippen LogP contribution is 2.63. The average Bonchev–Trinajstić information content (AvgIpc) is 1.26. The molecule has 0 spiro atoms. The van der Waals surface area contributed by atoms with Crippen molar-refractivity contribution in [2.45, 2.75) is 186 Å². The molecule has 2 atom stereocenters. The van der Waals surface area contributed by atoms with E-state index in [9.17, 15) is 0 Å². The Morgan fingerprint density at radius 1 is 0.451 bits per heavy atom. The molecule has 3 aliphatic heterocycles. The summed E-state index contributed by atoms with van der Waals surface area (Å²) in [6.07, 6.45) is 10.4. The van der Waals surface area contributed by atoms with Crippen molar-refractivity contribution in [2.75, 3.05) is 14.7 Å². The van der Waals surface area contributed by atoms with E-state index in [2.05, 4.69) is 244 Å². The highest BCUT2D eigenvalue weighted by Gasteiger charge is 2.59. The number of hydrogen-bond acceptors (Lipinski definition) is 4. The summed E-state index contributed by atoms with van der Waals surface area (Å²) in [5.41, 5.74) is 29.3. The first-order chi connectivity index (χ1) is 39.0. The van der Waals surface area contributed by atoms with Gasteiger partial charge in [-0.3, -0.25) is 0 Å². The van der Waals surface area contributed by atoms with Gasteiger partial charge < -0.3 is 14.7 Å². The Labute approximate surface area is 492 Å². The molecule has 0 radical (unpaired) electrons. The lowest BCUT2D eigenvalue weighted by Crippen LogP contribution is -2.62. The van der Waals surface area contributed by atoms with Gasteiger partial charge >= 0.3 is 0 Å². The third-order valence-electron chi connectivity index (χ3n) is 22.9. The first-order valence-corrected chi connectivity index (χ1v) is 32.0. The largest absolute Gasteiger partial charge is 0.334 e. The van der Waals surface area contributed by atoms with E-state index in [0.29, 0.717) is 0 Å². The number of benzene rings is 8. The number of fused-ring (bicyclic) bond motifs is 15. The van der Waals surface area contributed by atoms with E-state index in [-0.39, 0.29) is 44.7 Å². The van der Waals surface area contributed by atoms with Crippen LogP contribution in [0.25, 0.3) is 31.3 Å². The Hall–Kier alpha value is -6.56. The van der Waals surface area contributed by atoms with E-state index in [1.807, 2.05) is 11.3 Å². The molecule has 5 heteroatoms. The van der Waals surface area contributed by atoms with Crippen molar-refractivity contribution in [3.8, 4) is 11.1 Å². The fraction of sp³-hybridized carbons (Fsp3) is 0.377. The lowest BCUT2D eigenvalue weighted by atomic mass is 9.32. The zero-order valence-corrected chi connectivity index (χ0v) is 51.8. The van der Waals surface area contributed by atoms with Gasteiger partial charge in [0.25, 0.3) is 6.71 Å². The van der Waals surface area contributed by atoms with Crippen LogP contribution in [0.1, 0.15) is 186 Å². The van der Waals surface area contributed by atoms with Gasteiger partial charge in [0.1, 0.15) is 0 Å². The van der Waals surface area contributed by atoms with Gasteiger partial charge in [0.05, 0.1) is 21.6 Å². The molecule has 0 amide bonds. The minimum atomic E-state index is -0.166. The van der Waals surface area contributed by atoms with E-state index >= 15 is 0 Å². The normalized spacial score (nSPS) is 22.6. The van der Waals surface area contributed by atoms with Crippen LogP contribution in [-0.2, 0) is 38.9 Å². The molecule has 3 nitrogen and oxygen atoms in total. The summed E-state index contributed by atoms with van der Waals surface area (Å²) in [7, 11) is 0. The molecular formula is C77H80BN3S. The van der Waals surface area contributed by atoms with E-state index in [1.54, 1.807) is 0 Å². The molecule has 9 aromatic rings. The zero-order chi connectivity index (χ0) is 56.6. The van der Waals surface area contributed by atoms with Crippen LogP contribution in [0.3, 0.4) is 0 Å². The fourth-order valence-corrected chi connectivity index (χ4v) is 18.8. The van der Waals surface area contributed by atoms with Crippen molar-refractivity contribution >= 4 is 100 Å². The van der Waals surface area contributed by atoms with Crippen LogP contribution in [0.5, 0.6) is 0 Å². The highest BCUT2D eigenvalue weighted by molar-refractivity contribution is 7.26. The Morgan fingerprint density at radius 2 is 1.00 bits per heavy atom. The molecule has 1 saturated carbocycles. The molecule has 0 saturated heterocycles. The predicted molar refractivity (Wildman–Crippen MR) is 354 cm³/mol. The second-order valence-electron chi connectivity index (χ2n) is 30.5. The van der Waals surface area contributed by atoms with Crippen LogP contribution in [0.15, 0.2) is 140 Å². The second-order valence-corrected chi connectivity index (χ2v) is 31.5. The van der Waals surface area contributed by atoms with Gasteiger partial charge in [-0.2, -0.15) is 0 Å². The van der Waals surface area contributed by atoms with E-state index in [0.717, 1.165) is 25.7 Å². The maximum Gasteiger partial charge on any atom is 0.252 e. The molecular weight excluding hydrogens is 1010 g/mol. The van der Waals surface area contributed by atoms with Gasteiger partial charge in [0, 0.05) is 60.6 Å². The van der Waals surface area contributed by atoms with E-state index in [1.165, 1.54) is 170 Å². The summed E-state index contributed by atoms with van der Waals surface area (Å²) in [6, 6.07) is 56.9. The van der Waals surface area contributed by atoms with Crippen molar-refractivity contribution in [2.24, 2.45) is 0 Å². The predicted octanol–water partition coefficient (Wildman–Crippen LogP) is 19.4. The Kier molecular flexibility index (Phi) is 10.4. The molecule has 2 unspecified atom stereocenters. The van der Waals surface area contributed by atoms with Gasteiger partial charge in [-0.25, -0.2) is 0 Å². The molecule has 0 bridgehead atoms. The Morgan fingerprint density at radius 3 is 1.66 bits per heavy atom. The quantitative estimate of drug-likeness (QED) is 0.163. The van der Waals surface area contributed by atoms with Gasteiger partial charge in [-0.05, 0) is 194 Å². The third kappa shape index (κ3) is 6.78. The highest BCUT2D eigenvalue weighted by atomic mass is 32.1. The lowest BCUT2D eigenvalue weighted by Gasteiger charge is -2.52. The van der Waals surface area contributed by atoms with Crippen LogP contribution in [-0.4, -0.2) is 12.3 Å². The SMILES string of the molecule is CC(C)(C)c1ccc2c(c1)C1(C)CCCCC1(C)N2c1cc2c3c(c1)N(c1cccc4c1sc1ccccc14)c1cc4c(cc1B3c1cc3c(cc1N2c1cccc2c1-c1ccccc1C2)C(C)(C)CCC3(C)C)C(C)(C)CCC4(C)C. The van der Waals surface area contributed by atoms with Crippen LogP contribution < -0.4 is 31.1 Å². The molecule has 4 heterocycles. The Bertz CT molecular complexity index is 4270. The number of nitrogens with zero attached hydrogens (tertiary/aromatic N) is 3. The molecule has 4 aliphatic carbocycles. The number of thiophene rings is 1. The summed E-state index contributed by atoms with van der Waals surface area (Å²) >= 11 is 1.97.